The van der Waals surface area contributed by atoms with Crippen molar-refractivity contribution in [2.24, 2.45) is 5.92 Å². The molecule has 0 radical (unpaired) electrons. The molecule has 0 saturated carbocycles. The van der Waals surface area contributed by atoms with Gasteiger partial charge in [0.2, 0.25) is 5.91 Å². The fourth-order valence-electron chi connectivity index (χ4n) is 2.82. The van der Waals surface area contributed by atoms with Gasteiger partial charge in [-0.1, -0.05) is 6.92 Å². The standard InChI is InChI=1S/C17H23N7O/c1-2-7-20-17(25)13-5-10-24(11-6-13)16-4-3-14(22-23-16)21-15-12-18-8-9-19-15/h3-4,8-9,12-13H,2,5-7,10-11H2,1H3,(H,20,25)(H,19,21,22). The van der Waals surface area contributed by atoms with E-state index < -0.39 is 0 Å². The van der Waals surface area contributed by atoms with Gasteiger partial charge >= 0.3 is 0 Å². The van der Waals surface area contributed by atoms with Gasteiger partial charge in [-0.15, -0.1) is 10.2 Å². The molecule has 0 unspecified atom stereocenters. The number of hydrogen-bond acceptors (Lipinski definition) is 7. The van der Waals surface area contributed by atoms with Gasteiger partial charge in [-0.25, -0.2) is 4.98 Å². The number of aromatic nitrogens is 4. The SMILES string of the molecule is CCCNC(=O)C1CCN(c2ccc(Nc3cnccn3)nn2)CC1. The summed E-state index contributed by atoms with van der Waals surface area (Å²) in [6.07, 6.45) is 7.52. The molecule has 0 atom stereocenters. The number of carbonyl (C=O) groups is 1. The lowest BCUT2D eigenvalue weighted by Crippen LogP contribution is -2.41. The molecular formula is C17H23N7O. The van der Waals surface area contributed by atoms with Crippen LogP contribution in [-0.2, 0) is 4.79 Å². The number of amides is 1. The number of rotatable bonds is 6. The second-order valence-electron chi connectivity index (χ2n) is 6.04. The summed E-state index contributed by atoms with van der Waals surface area (Å²) in [6.45, 7) is 4.45. The lowest BCUT2D eigenvalue weighted by molar-refractivity contribution is -0.125. The molecule has 0 bridgehead atoms. The van der Waals surface area contributed by atoms with Crippen LogP contribution >= 0.6 is 0 Å². The monoisotopic (exact) mass is 341 g/mol. The summed E-state index contributed by atoms with van der Waals surface area (Å²) in [5.74, 6) is 2.36. The average Bonchev–Trinajstić information content (AvgIpc) is 2.68. The largest absolute Gasteiger partial charge is 0.356 e. The minimum atomic E-state index is 0.105. The molecule has 25 heavy (non-hydrogen) atoms. The Morgan fingerprint density at radius 1 is 1.20 bits per heavy atom. The van der Waals surface area contributed by atoms with Crippen molar-refractivity contribution in [2.75, 3.05) is 29.9 Å². The van der Waals surface area contributed by atoms with E-state index in [1.807, 2.05) is 12.1 Å². The third-order valence-corrected chi connectivity index (χ3v) is 4.21. The number of nitrogens with zero attached hydrogens (tertiary/aromatic N) is 5. The molecular weight excluding hydrogens is 318 g/mol. The summed E-state index contributed by atoms with van der Waals surface area (Å²) >= 11 is 0. The van der Waals surface area contributed by atoms with Crippen molar-refractivity contribution in [3.8, 4) is 0 Å². The lowest BCUT2D eigenvalue weighted by Gasteiger charge is -2.31. The quantitative estimate of drug-likeness (QED) is 0.826. The number of anilines is 3. The van der Waals surface area contributed by atoms with E-state index in [1.54, 1.807) is 18.6 Å². The molecule has 3 heterocycles. The van der Waals surface area contributed by atoms with Crippen LogP contribution in [0.2, 0.25) is 0 Å². The van der Waals surface area contributed by atoms with Gasteiger partial charge in [0.1, 0.15) is 5.82 Å². The molecule has 1 saturated heterocycles. The first kappa shape index (κ1) is 17.1. The predicted molar refractivity (Wildman–Crippen MR) is 95.6 cm³/mol. The minimum absolute atomic E-state index is 0.105. The first-order valence-electron chi connectivity index (χ1n) is 8.65. The van der Waals surface area contributed by atoms with Crippen LogP contribution in [0, 0.1) is 5.92 Å². The molecule has 0 spiro atoms. The molecule has 2 aromatic heterocycles. The Labute approximate surface area is 147 Å². The Hall–Kier alpha value is -2.77. The van der Waals surface area contributed by atoms with Crippen molar-refractivity contribution in [3.05, 3.63) is 30.7 Å². The van der Waals surface area contributed by atoms with Gasteiger partial charge in [-0.05, 0) is 31.4 Å². The Bertz CT molecular complexity index is 669. The molecule has 1 fully saturated rings. The van der Waals surface area contributed by atoms with Gasteiger partial charge in [-0.2, -0.15) is 0 Å². The average molecular weight is 341 g/mol. The van der Waals surface area contributed by atoms with Gasteiger partial charge in [0.05, 0.1) is 6.20 Å². The zero-order valence-corrected chi connectivity index (χ0v) is 14.4. The third kappa shape index (κ3) is 4.62. The van der Waals surface area contributed by atoms with E-state index >= 15 is 0 Å². The second kappa shape index (κ2) is 8.36. The van der Waals surface area contributed by atoms with E-state index in [2.05, 4.69) is 42.6 Å². The van der Waals surface area contributed by atoms with E-state index in [1.165, 1.54) is 0 Å². The van der Waals surface area contributed by atoms with Crippen LogP contribution in [0.25, 0.3) is 0 Å². The lowest BCUT2D eigenvalue weighted by atomic mass is 9.96. The van der Waals surface area contributed by atoms with Crippen molar-refractivity contribution in [2.45, 2.75) is 26.2 Å². The molecule has 1 amide bonds. The van der Waals surface area contributed by atoms with Crippen LogP contribution in [0.4, 0.5) is 17.5 Å². The van der Waals surface area contributed by atoms with E-state index in [9.17, 15) is 4.79 Å². The molecule has 132 valence electrons. The molecule has 3 rings (SSSR count). The van der Waals surface area contributed by atoms with E-state index in [0.29, 0.717) is 11.6 Å². The highest BCUT2D eigenvalue weighted by molar-refractivity contribution is 5.78. The summed E-state index contributed by atoms with van der Waals surface area (Å²) < 4.78 is 0. The first-order valence-corrected chi connectivity index (χ1v) is 8.65. The number of carbonyl (C=O) groups excluding carboxylic acids is 1. The van der Waals surface area contributed by atoms with Crippen LogP contribution in [0.3, 0.4) is 0 Å². The zero-order valence-electron chi connectivity index (χ0n) is 14.4. The van der Waals surface area contributed by atoms with Crippen LogP contribution < -0.4 is 15.5 Å². The van der Waals surface area contributed by atoms with Crippen molar-refractivity contribution < 1.29 is 4.79 Å². The fraction of sp³-hybridized carbons (Fsp3) is 0.471. The molecule has 2 aromatic rings. The maximum absolute atomic E-state index is 12.0. The highest BCUT2D eigenvalue weighted by Gasteiger charge is 2.25. The third-order valence-electron chi connectivity index (χ3n) is 4.21. The number of hydrogen-bond donors (Lipinski definition) is 2. The highest BCUT2D eigenvalue weighted by atomic mass is 16.1. The van der Waals surface area contributed by atoms with Crippen molar-refractivity contribution >= 4 is 23.4 Å². The van der Waals surface area contributed by atoms with E-state index in [-0.39, 0.29) is 11.8 Å². The van der Waals surface area contributed by atoms with E-state index in [0.717, 1.165) is 44.7 Å². The Balaban J connectivity index is 1.52. The number of nitrogens with one attached hydrogen (secondary N) is 2. The van der Waals surface area contributed by atoms with E-state index in [4.69, 9.17) is 0 Å². The van der Waals surface area contributed by atoms with Crippen LogP contribution in [-0.4, -0.2) is 45.7 Å². The Morgan fingerprint density at radius 3 is 2.68 bits per heavy atom. The smallest absolute Gasteiger partial charge is 0.223 e. The van der Waals surface area contributed by atoms with Crippen LogP contribution in [0.5, 0.6) is 0 Å². The molecule has 1 aliphatic heterocycles. The Kier molecular flexibility index (Phi) is 5.71. The Morgan fingerprint density at radius 2 is 2.04 bits per heavy atom. The van der Waals surface area contributed by atoms with Crippen molar-refractivity contribution in [1.82, 2.24) is 25.5 Å². The first-order chi connectivity index (χ1) is 12.3. The highest BCUT2D eigenvalue weighted by Crippen LogP contribution is 2.22. The minimum Gasteiger partial charge on any atom is -0.356 e. The maximum Gasteiger partial charge on any atom is 0.223 e. The van der Waals surface area contributed by atoms with Gasteiger partial charge in [0, 0.05) is 37.9 Å². The molecule has 0 aromatic carbocycles. The summed E-state index contributed by atoms with van der Waals surface area (Å²) in [6, 6.07) is 3.81. The van der Waals surface area contributed by atoms with Gasteiger partial charge in [0.25, 0.3) is 0 Å². The maximum atomic E-state index is 12.0. The van der Waals surface area contributed by atoms with Crippen LogP contribution in [0.15, 0.2) is 30.7 Å². The summed E-state index contributed by atoms with van der Waals surface area (Å²) in [7, 11) is 0. The zero-order chi connectivity index (χ0) is 17.5. The molecule has 2 N–H and O–H groups in total. The van der Waals surface area contributed by atoms with Gasteiger partial charge in [-0.3, -0.25) is 9.78 Å². The summed E-state index contributed by atoms with van der Waals surface area (Å²) in [4.78, 5) is 22.4. The normalized spacial score (nSPS) is 15.0. The van der Waals surface area contributed by atoms with Crippen LogP contribution in [0.1, 0.15) is 26.2 Å². The van der Waals surface area contributed by atoms with Crippen molar-refractivity contribution in [1.29, 1.82) is 0 Å². The van der Waals surface area contributed by atoms with Gasteiger partial charge < -0.3 is 15.5 Å². The fourth-order valence-corrected chi connectivity index (χ4v) is 2.82. The molecule has 1 aliphatic rings. The summed E-state index contributed by atoms with van der Waals surface area (Å²) in [5, 5.41) is 14.5. The predicted octanol–water partition coefficient (Wildman–Crippen LogP) is 1.75. The van der Waals surface area contributed by atoms with Gasteiger partial charge in [0.15, 0.2) is 11.6 Å². The second-order valence-corrected chi connectivity index (χ2v) is 6.04. The molecule has 0 aliphatic carbocycles. The van der Waals surface area contributed by atoms with Crippen molar-refractivity contribution in [3.63, 3.8) is 0 Å². The molecule has 8 nitrogen and oxygen atoms in total. The number of piperidine rings is 1. The topological polar surface area (TPSA) is 95.9 Å². The summed E-state index contributed by atoms with van der Waals surface area (Å²) in [5.41, 5.74) is 0. The molecule has 8 heteroatoms.